The van der Waals surface area contributed by atoms with Crippen LogP contribution in [-0.2, 0) is 4.79 Å². The number of hydrogen-bond donors (Lipinski definition) is 2. The molecule has 0 aliphatic carbocycles. The molecule has 104 valence electrons. The largest absolute Gasteiger partial charge is 0.483 e. The smallest absolute Gasteiger partial charge is 0.339 e. The van der Waals surface area contributed by atoms with Gasteiger partial charge in [-0.2, -0.15) is 0 Å². The number of carboxylic acid groups (broad SMARTS) is 1. The molecule has 5 nitrogen and oxygen atoms in total. The molecule has 0 atom stereocenters. The van der Waals surface area contributed by atoms with Crippen LogP contribution in [0.5, 0.6) is 5.75 Å². The van der Waals surface area contributed by atoms with Gasteiger partial charge in [-0.3, -0.25) is 4.79 Å². The molecular formula is C13H16INO4. The van der Waals surface area contributed by atoms with Crippen LogP contribution in [0.2, 0.25) is 0 Å². The van der Waals surface area contributed by atoms with Crippen molar-refractivity contribution in [2.24, 2.45) is 0 Å². The minimum Gasteiger partial charge on any atom is -0.483 e. The van der Waals surface area contributed by atoms with Crippen LogP contribution in [0.3, 0.4) is 0 Å². The molecule has 0 aliphatic heterocycles. The Balaban J connectivity index is 2.73. The number of rotatable bonds is 4. The van der Waals surface area contributed by atoms with Crippen LogP contribution in [0.25, 0.3) is 0 Å². The van der Waals surface area contributed by atoms with Crippen molar-refractivity contribution in [3.8, 4) is 5.75 Å². The summed E-state index contributed by atoms with van der Waals surface area (Å²) in [5.74, 6) is -1.18. The van der Waals surface area contributed by atoms with Crippen molar-refractivity contribution < 1.29 is 19.4 Å². The summed E-state index contributed by atoms with van der Waals surface area (Å²) in [4.78, 5) is 22.7. The Morgan fingerprint density at radius 3 is 2.53 bits per heavy atom. The zero-order valence-corrected chi connectivity index (χ0v) is 13.1. The number of carbonyl (C=O) groups excluding carboxylic acids is 1. The first kappa shape index (κ1) is 15.7. The number of carboxylic acids is 1. The van der Waals surface area contributed by atoms with E-state index < -0.39 is 5.97 Å². The van der Waals surface area contributed by atoms with E-state index in [4.69, 9.17) is 9.84 Å². The highest BCUT2D eigenvalue weighted by Gasteiger charge is 2.16. The Labute approximate surface area is 125 Å². The first-order valence-corrected chi connectivity index (χ1v) is 6.73. The van der Waals surface area contributed by atoms with E-state index >= 15 is 0 Å². The van der Waals surface area contributed by atoms with Crippen LogP contribution in [0.1, 0.15) is 31.1 Å². The minimum absolute atomic E-state index is 0.0514. The summed E-state index contributed by atoms with van der Waals surface area (Å²) in [6, 6.07) is 4.78. The van der Waals surface area contributed by atoms with Gasteiger partial charge in [-0.1, -0.05) is 0 Å². The van der Waals surface area contributed by atoms with Gasteiger partial charge in [0.2, 0.25) is 0 Å². The maximum absolute atomic E-state index is 11.6. The summed E-state index contributed by atoms with van der Waals surface area (Å²) < 4.78 is 6.06. The number of ether oxygens (including phenoxy) is 1. The highest BCUT2D eigenvalue weighted by molar-refractivity contribution is 14.1. The Morgan fingerprint density at radius 2 is 2.00 bits per heavy atom. The summed E-state index contributed by atoms with van der Waals surface area (Å²) in [6.07, 6.45) is 0. The molecule has 19 heavy (non-hydrogen) atoms. The van der Waals surface area contributed by atoms with E-state index in [1.54, 1.807) is 12.1 Å². The monoisotopic (exact) mass is 377 g/mol. The van der Waals surface area contributed by atoms with Crippen molar-refractivity contribution >= 4 is 34.5 Å². The van der Waals surface area contributed by atoms with Crippen LogP contribution < -0.4 is 10.1 Å². The molecule has 1 aromatic carbocycles. The normalized spacial score (nSPS) is 10.9. The molecular weight excluding hydrogens is 361 g/mol. The molecule has 0 radical (unpaired) electrons. The molecule has 0 fully saturated rings. The number of amides is 1. The van der Waals surface area contributed by atoms with Crippen LogP contribution in [0.15, 0.2) is 18.2 Å². The second-order valence-electron chi connectivity index (χ2n) is 5.03. The predicted molar refractivity (Wildman–Crippen MR) is 79.5 cm³/mol. The molecule has 0 unspecified atom stereocenters. The number of carbonyl (C=O) groups is 2. The lowest BCUT2D eigenvalue weighted by molar-refractivity contribution is -0.124. The number of aromatic carboxylic acids is 1. The second kappa shape index (κ2) is 6.23. The van der Waals surface area contributed by atoms with Crippen LogP contribution in [-0.4, -0.2) is 29.1 Å². The molecule has 0 bridgehead atoms. The Hall–Kier alpha value is -1.31. The van der Waals surface area contributed by atoms with Gasteiger partial charge in [-0.05, 0) is 61.6 Å². The lowest BCUT2D eigenvalue weighted by atomic mass is 10.1. The van der Waals surface area contributed by atoms with Crippen molar-refractivity contribution in [1.29, 1.82) is 0 Å². The van der Waals surface area contributed by atoms with Crippen LogP contribution in [0.4, 0.5) is 0 Å². The zero-order valence-electron chi connectivity index (χ0n) is 11.0. The molecule has 1 aromatic rings. The van der Waals surface area contributed by atoms with E-state index in [1.165, 1.54) is 6.07 Å². The molecule has 0 aromatic heterocycles. The highest BCUT2D eigenvalue weighted by atomic mass is 127. The van der Waals surface area contributed by atoms with Crippen LogP contribution >= 0.6 is 22.6 Å². The minimum atomic E-state index is -1.08. The van der Waals surface area contributed by atoms with Gasteiger partial charge in [0.05, 0.1) is 0 Å². The maximum Gasteiger partial charge on any atom is 0.339 e. The van der Waals surface area contributed by atoms with E-state index in [2.05, 4.69) is 5.32 Å². The third-order valence-electron chi connectivity index (χ3n) is 2.05. The van der Waals surface area contributed by atoms with Gasteiger partial charge in [0.1, 0.15) is 11.3 Å². The SMILES string of the molecule is CC(C)(C)NC(=O)COc1ccc(I)cc1C(=O)O. The Morgan fingerprint density at radius 1 is 1.37 bits per heavy atom. The number of hydrogen-bond acceptors (Lipinski definition) is 3. The quantitative estimate of drug-likeness (QED) is 0.790. The zero-order chi connectivity index (χ0) is 14.6. The molecule has 0 spiro atoms. The van der Waals surface area contributed by atoms with Gasteiger partial charge in [0.15, 0.2) is 6.61 Å². The molecule has 0 aliphatic rings. The van der Waals surface area contributed by atoms with E-state index in [0.29, 0.717) is 0 Å². The van der Waals surface area contributed by atoms with Gasteiger partial charge in [0, 0.05) is 9.11 Å². The van der Waals surface area contributed by atoms with Crippen molar-refractivity contribution in [2.75, 3.05) is 6.61 Å². The standard InChI is InChI=1S/C13H16INO4/c1-13(2,3)15-11(16)7-19-10-5-4-8(14)6-9(10)12(17)18/h4-6H,7H2,1-3H3,(H,15,16)(H,17,18). The first-order chi connectivity index (χ1) is 8.69. The van der Waals surface area contributed by atoms with E-state index in [-0.39, 0.29) is 29.4 Å². The molecule has 1 amide bonds. The van der Waals surface area contributed by atoms with Crippen molar-refractivity contribution in [1.82, 2.24) is 5.32 Å². The summed E-state index contributed by atoms with van der Waals surface area (Å²) in [5, 5.41) is 11.8. The number of halogens is 1. The average Bonchev–Trinajstić information content (AvgIpc) is 2.24. The summed E-state index contributed by atoms with van der Waals surface area (Å²) in [7, 11) is 0. The summed E-state index contributed by atoms with van der Waals surface area (Å²) >= 11 is 2.02. The molecule has 1 rings (SSSR count). The van der Waals surface area contributed by atoms with Gasteiger partial charge in [-0.15, -0.1) is 0 Å². The van der Waals surface area contributed by atoms with Crippen molar-refractivity contribution in [2.45, 2.75) is 26.3 Å². The summed E-state index contributed by atoms with van der Waals surface area (Å²) in [5.41, 5.74) is -0.294. The molecule has 0 saturated heterocycles. The maximum atomic E-state index is 11.6. The van der Waals surface area contributed by atoms with Crippen molar-refractivity contribution in [3.63, 3.8) is 0 Å². The van der Waals surface area contributed by atoms with E-state index in [9.17, 15) is 9.59 Å². The van der Waals surface area contributed by atoms with Gasteiger partial charge in [0.25, 0.3) is 5.91 Å². The first-order valence-electron chi connectivity index (χ1n) is 5.66. The fraction of sp³-hybridized carbons (Fsp3) is 0.385. The van der Waals surface area contributed by atoms with E-state index in [1.807, 2.05) is 43.4 Å². The highest BCUT2D eigenvalue weighted by Crippen LogP contribution is 2.21. The number of benzene rings is 1. The van der Waals surface area contributed by atoms with Gasteiger partial charge in [-0.25, -0.2) is 4.79 Å². The molecule has 0 saturated carbocycles. The predicted octanol–water partition coefficient (Wildman–Crippen LogP) is 2.28. The molecule has 0 heterocycles. The lowest BCUT2D eigenvalue weighted by Gasteiger charge is -2.20. The van der Waals surface area contributed by atoms with E-state index in [0.717, 1.165) is 3.57 Å². The van der Waals surface area contributed by atoms with Crippen molar-refractivity contribution in [3.05, 3.63) is 27.3 Å². The topological polar surface area (TPSA) is 75.6 Å². The third-order valence-corrected chi connectivity index (χ3v) is 2.72. The fourth-order valence-electron chi connectivity index (χ4n) is 1.39. The van der Waals surface area contributed by atoms with Crippen LogP contribution in [0, 0.1) is 3.57 Å². The summed E-state index contributed by atoms with van der Waals surface area (Å²) in [6.45, 7) is 5.37. The molecule has 6 heteroatoms. The third kappa shape index (κ3) is 5.46. The fourth-order valence-corrected chi connectivity index (χ4v) is 1.88. The second-order valence-corrected chi connectivity index (χ2v) is 6.28. The lowest BCUT2D eigenvalue weighted by Crippen LogP contribution is -2.43. The molecule has 2 N–H and O–H groups in total. The Kier molecular flexibility index (Phi) is 5.16. The Bertz CT molecular complexity index is 494. The number of nitrogens with one attached hydrogen (secondary N) is 1. The van der Waals surface area contributed by atoms with Gasteiger partial charge >= 0.3 is 5.97 Å². The average molecular weight is 377 g/mol. The van der Waals surface area contributed by atoms with Gasteiger partial charge < -0.3 is 15.2 Å².